The fourth-order valence-electron chi connectivity index (χ4n) is 1.85. The molecule has 108 valence electrons. The van der Waals surface area contributed by atoms with E-state index in [-0.39, 0.29) is 5.91 Å². The van der Waals surface area contributed by atoms with Gasteiger partial charge in [0, 0.05) is 24.5 Å². The summed E-state index contributed by atoms with van der Waals surface area (Å²) in [6.07, 6.45) is 0.373. The number of nitriles is 1. The molecule has 0 aliphatic heterocycles. The average Bonchev–Trinajstić information content (AvgIpc) is 2.45. The highest BCUT2D eigenvalue weighted by molar-refractivity contribution is 6.30. The molecule has 0 N–H and O–H groups in total. The van der Waals surface area contributed by atoms with Gasteiger partial charge in [0.2, 0.25) is 5.91 Å². The third kappa shape index (κ3) is 4.75. The van der Waals surface area contributed by atoms with Gasteiger partial charge in [-0.1, -0.05) is 17.7 Å². The van der Waals surface area contributed by atoms with Crippen molar-refractivity contribution in [2.24, 2.45) is 5.92 Å². The van der Waals surface area contributed by atoms with Gasteiger partial charge in [0.15, 0.2) is 0 Å². The lowest BCUT2D eigenvalue weighted by molar-refractivity contribution is -0.133. The number of halogens is 1. The van der Waals surface area contributed by atoms with Crippen LogP contribution in [0.15, 0.2) is 24.3 Å². The quantitative estimate of drug-likeness (QED) is 0.776. The smallest absolute Gasteiger partial charge is 0.240 e. The van der Waals surface area contributed by atoms with Gasteiger partial charge in [-0.2, -0.15) is 5.26 Å². The van der Waals surface area contributed by atoms with Crippen LogP contribution in [0, 0.1) is 17.2 Å². The fourth-order valence-corrected chi connectivity index (χ4v) is 2.03. The molecule has 0 radical (unpaired) electrons. The van der Waals surface area contributed by atoms with E-state index >= 15 is 0 Å². The third-order valence-electron chi connectivity index (χ3n) is 3.00. The predicted molar refractivity (Wildman–Crippen MR) is 78.6 cm³/mol. The van der Waals surface area contributed by atoms with Crippen LogP contribution >= 0.6 is 11.6 Å². The lowest BCUT2D eigenvalue weighted by Crippen LogP contribution is -2.36. The van der Waals surface area contributed by atoms with Crippen LogP contribution in [0.25, 0.3) is 0 Å². The van der Waals surface area contributed by atoms with Crippen molar-refractivity contribution >= 4 is 17.5 Å². The second-order valence-corrected chi connectivity index (χ2v) is 4.72. The van der Waals surface area contributed by atoms with Crippen LogP contribution in [-0.4, -0.2) is 30.5 Å². The molecule has 5 heteroatoms. The highest BCUT2D eigenvalue weighted by Gasteiger charge is 2.22. The number of carbonyl (C=O) groups is 1. The molecule has 20 heavy (non-hydrogen) atoms. The van der Waals surface area contributed by atoms with Gasteiger partial charge < -0.3 is 9.64 Å². The first-order valence-electron chi connectivity index (χ1n) is 6.69. The summed E-state index contributed by atoms with van der Waals surface area (Å²) in [4.78, 5) is 13.7. The first-order valence-corrected chi connectivity index (χ1v) is 7.06. The van der Waals surface area contributed by atoms with Crippen LogP contribution in [0.2, 0.25) is 5.02 Å². The zero-order valence-electron chi connectivity index (χ0n) is 11.8. The maximum absolute atomic E-state index is 12.1. The average molecular weight is 295 g/mol. The van der Waals surface area contributed by atoms with Gasteiger partial charge >= 0.3 is 0 Å². The van der Waals surface area contributed by atoms with Gasteiger partial charge in [0.1, 0.15) is 11.7 Å². The van der Waals surface area contributed by atoms with Gasteiger partial charge in [-0.3, -0.25) is 4.79 Å². The molecule has 0 saturated heterocycles. The van der Waals surface area contributed by atoms with E-state index in [1.165, 1.54) is 0 Å². The van der Waals surface area contributed by atoms with Crippen molar-refractivity contribution in [1.29, 1.82) is 5.26 Å². The van der Waals surface area contributed by atoms with E-state index in [0.29, 0.717) is 36.9 Å². The summed E-state index contributed by atoms with van der Waals surface area (Å²) in [5.74, 6) is -0.147. The summed E-state index contributed by atoms with van der Waals surface area (Å²) < 4.78 is 5.51. The second kappa shape index (κ2) is 8.44. The number of amides is 1. The van der Waals surface area contributed by atoms with Gasteiger partial charge in [0.25, 0.3) is 0 Å². The summed E-state index contributed by atoms with van der Waals surface area (Å²) in [5, 5.41) is 9.70. The molecular weight excluding hydrogens is 276 g/mol. The number of carbonyl (C=O) groups excluding carboxylic acids is 1. The van der Waals surface area contributed by atoms with Gasteiger partial charge in [-0.15, -0.1) is 0 Å². The van der Waals surface area contributed by atoms with Crippen molar-refractivity contribution < 1.29 is 9.53 Å². The van der Waals surface area contributed by atoms with Crippen molar-refractivity contribution in [2.75, 3.05) is 19.7 Å². The highest BCUT2D eigenvalue weighted by atomic mass is 35.5. The number of nitrogens with zero attached hydrogens (tertiary/aromatic N) is 2. The Hall–Kier alpha value is -1.73. The molecule has 0 saturated carbocycles. The second-order valence-electron chi connectivity index (χ2n) is 4.29. The lowest BCUT2D eigenvalue weighted by atomic mass is 10.1. The molecular formula is C15H19ClN2O2. The van der Waals surface area contributed by atoms with Crippen molar-refractivity contribution in [2.45, 2.75) is 20.3 Å². The molecule has 1 rings (SSSR count). The first-order chi connectivity index (χ1) is 9.62. The minimum Gasteiger partial charge on any atom is -0.493 e. The zero-order valence-corrected chi connectivity index (χ0v) is 12.6. The molecule has 1 unspecified atom stereocenters. The van der Waals surface area contributed by atoms with E-state index in [1.807, 2.05) is 13.8 Å². The number of hydrogen-bond donors (Lipinski definition) is 0. The van der Waals surface area contributed by atoms with Crippen LogP contribution in [0.1, 0.15) is 20.3 Å². The molecule has 1 aromatic carbocycles. The van der Waals surface area contributed by atoms with E-state index in [2.05, 4.69) is 6.07 Å². The Bertz CT molecular complexity index is 481. The highest BCUT2D eigenvalue weighted by Crippen LogP contribution is 2.18. The Balaban J connectivity index is 2.50. The molecule has 1 atom stereocenters. The van der Waals surface area contributed by atoms with Crippen LogP contribution in [0.5, 0.6) is 5.75 Å². The number of rotatable bonds is 7. The van der Waals surface area contributed by atoms with Crippen LogP contribution in [0.4, 0.5) is 0 Å². The summed E-state index contributed by atoms with van der Waals surface area (Å²) in [6.45, 7) is 5.34. The van der Waals surface area contributed by atoms with Crippen LogP contribution in [0.3, 0.4) is 0 Å². The lowest BCUT2D eigenvalue weighted by Gasteiger charge is -2.21. The van der Waals surface area contributed by atoms with E-state index in [9.17, 15) is 4.79 Å². The summed E-state index contributed by atoms with van der Waals surface area (Å²) in [7, 11) is 0. The maximum Gasteiger partial charge on any atom is 0.240 e. The number of hydrogen-bond acceptors (Lipinski definition) is 3. The molecule has 0 spiro atoms. The Morgan fingerprint density at radius 2 is 2.15 bits per heavy atom. The Labute approximate surface area is 124 Å². The van der Waals surface area contributed by atoms with Crippen molar-refractivity contribution in [3.8, 4) is 11.8 Å². The topological polar surface area (TPSA) is 53.3 Å². The number of ether oxygens (including phenoxy) is 1. The van der Waals surface area contributed by atoms with Gasteiger partial charge in [-0.25, -0.2) is 0 Å². The zero-order chi connectivity index (χ0) is 15.0. The normalized spacial score (nSPS) is 11.5. The molecule has 0 aliphatic rings. The fraction of sp³-hybridized carbons (Fsp3) is 0.467. The Morgan fingerprint density at radius 3 is 2.70 bits per heavy atom. The molecule has 4 nitrogen and oxygen atoms in total. The van der Waals surface area contributed by atoms with Crippen molar-refractivity contribution in [3.63, 3.8) is 0 Å². The molecule has 1 aromatic rings. The molecule has 0 bridgehead atoms. The van der Waals surface area contributed by atoms with E-state index in [4.69, 9.17) is 21.6 Å². The molecule has 1 amide bonds. The molecule has 0 fully saturated rings. The Morgan fingerprint density at radius 1 is 1.45 bits per heavy atom. The van der Waals surface area contributed by atoms with Gasteiger partial charge in [-0.05, 0) is 32.0 Å². The van der Waals surface area contributed by atoms with Crippen molar-refractivity contribution in [3.05, 3.63) is 29.3 Å². The summed E-state index contributed by atoms with van der Waals surface area (Å²) in [6, 6.07) is 9.10. The van der Waals surface area contributed by atoms with Crippen LogP contribution in [-0.2, 0) is 4.79 Å². The Kier molecular flexibility index (Phi) is 6.89. The minimum atomic E-state index is -0.658. The minimum absolute atomic E-state index is 0.132. The SMILES string of the molecule is CCN(CC)C(=O)C(C#N)CCOc1cccc(Cl)c1. The summed E-state index contributed by atoms with van der Waals surface area (Å²) in [5.41, 5.74) is 0. The standard InChI is InChI=1S/C15H19ClN2O2/c1-3-18(4-2)15(19)12(11-17)8-9-20-14-7-5-6-13(16)10-14/h5-7,10,12H,3-4,8-9H2,1-2H3. The van der Waals surface area contributed by atoms with E-state index < -0.39 is 5.92 Å². The largest absolute Gasteiger partial charge is 0.493 e. The molecule has 0 aromatic heterocycles. The van der Waals surface area contributed by atoms with Crippen LogP contribution < -0.4 is 4.74 Å². The number of benzene rings is 1. The maximum atomic E-state index is 12.1. The van der Waals surface area contributed by atoms with E-state index in [0.717, 1.165) is 0 Å². The van der Waals surface area contributed by atoms with E-state index in [1.54, 1.807) is 29.2 Å². The predicted octanol–water partition coefficient (Wildman–Crippen LogP) is 3.12. The van der Waals surface area contributed by atoms with Gasteiger partial charge in [0.05, 0.1) is 12.7 Å². The van der Waals surface area contributed by atoms with Crippen molar-refractivity contribution in [1.82, 2.24) is 4.90 Å². The monoisotopic (exact) mass is 294 g/mol. The molecule has 0 aliphatic carbocycles. The first kappa shape index (κ1) is 16.3. The third-order valence-corrected chi connectivity index (χ3v) is 3.24. The molecule has 0 heterocycles. The summed E-state index contributed by atoms with van der Waals surface area (Å²) >= 11 is 5.85.